The van der Waals surface area contributed by atoms with Gasteiger partial charge < -0.3 is 4.90 Å². The molecule has 0 aromatic carbocycles. The molecule has 1 aliphatic carbocycles. The van der Waals surface area contributed by atoms with Crippen LogP contribution in [0, 0.1) is 11.8 Å². The third kappa shape index (κ3) is 2.70. The van der Waals surface area contributed by atoms with Crippen LogP contribution in [-0.2, 0) is 0 Å². The average Bonchev–Trinajstić information content (AvgIpc) is 2.89. The maximum absolute atomic E-state index is 2.63. The highest BCUT2D eigenvalue weighted by Gasteiger charge is 2.28. The number of hydrogen-bond donors (Lipinski definition) is 0. The molecular formula is C12H23N. The van der Waals surface area contributed by atoms with Crippen LogP contribution in [0.5, 0.6) is 0 Å². The van der Waals surface area contributed by atoms with Crippen LogP contribution in [0.3, 0.4) is 0 Å². The molecule has 1 saturated carbocycles. The lowest BCUT2D eigenvalue weighted by Crippen LogP contribution is -2.38. The number of nitrogens with zero attached hydrogens (tertiary/aromatic N) is 1. The van der Waals surface area contributed by atoms with E-state index in [1.54, 1.807) is 6.42 Å². The molecule has 2 aliphatic rings. The third-order valence-corrected chi connectivity index (χ3v) is 3.74. The fourth-order valence-electron chi connectivity index (χ4n) is 2.53. The lowest BCUT2D eigenvalue weighted by molar-refractivity contribution is 0.143. The molecule has 0 N–H and O–H groups in total. The smallest absolute Gasteiger partial charge is 0.00385 e. The predicted molar refractivity (Wildman–Crippen MR) is 56.8 cm³/mol. The van der Waals surface area contributed by atoms with Gasteiger partial charge in [0.25, 0.3) is 0 Å². The summed E-state index contributed by atoms with van der Waals surface area (Å²) in [5.41, 5.74) is 0. The van der Waals surface area contributed by atoms with E-state index >= 15 is 0 Å². The minimum Gasteiger partial charge on any atom is -0.301 e. The first-order valence-electron chi connectivity index (χ1n) is 5.99. The van der Waals surface area contributed by atoms with Crippen LogP contribution in [-0.4, -0.2) is 24.0 Å². The maximum atomic E-state index is 2.63. The summed E-state index contributed by atoms with van der Waals surface area (Å²) >= 11 is 0. The Hall–Kier alpha value is -0.0400. The Bertz CT molecular complexity index is 153. The Morgan fingerprint density at radius 3 is 2.00 bits per heavy atom. The van der Waals surface area contributed by atoms with Gasteiger partial charge in [-0.2, -0.15) is 0 Å². The first-order chi connectivity index (χ1) is 6.25. The van der Waals surface area contributed by atoms with Gasteiger partial charge in [-0.15, -0.1) is 0 Å². The first kappa shape index (κ1) is 9.51. The number of likely N-dealkylation sites (tertiary alicyclic amines) is 1. The van der Waals surface area contributed by atoms with Crippen LogP contribution in [0.25, 0.3) is 0 Å². The van der Waals surface area contributed by atoms with Crippen molar-refractivity contribution in [2.24, 2.45) is 11.8 Å². The SMILES string of the molecule is CC(C)N1CCC(CC2CC2)CC1. The van der Waals surface area contributed by atoms with Gasteiger partial charge in [-0.25, -0.2) is 0 Å². The van der Waals surface area contributed by atoms with Crippen LogP contribution in [0.1, 0.15) is 46.0 Å². The molecule has 0 aromatic rings. The lowest BCUT2D eigenvalue weighted by Gasteiger charge is -2.34. The molecule has 1 saturated heterocycles. The summed E-state index contributed by atoms with van der Waals surface area (Å²) in [5, 5.41) is 0. The molecule has 0 amide bonds. The van der Waals surface area contributed by atoms with Crippen LogP contribution in [0.15, 0.2) is 0 Å². The monoisotopic (exact) mass is 181 g/mol. The zero-order valence-electron chi connectivity index (χ0n) is 9.13. The highest BCUT2D eigenvalue weighted by atomic mass is 15.1. The Balaban J connectivity index is 1.69. The molecule has 1 aliphatic heterocycles. The fourth-order valence-corrected chi connectivity index (χ4v) is 2.53. The summed E-state index contributed by atoms with van der Waals surface area (Å²) in [4.78, 5) is 2.63. The van der Waals surface area contributed by atoms with Gasteiger partial charge in [-0.1, -0.05) is 12.8 Å². The van der Waals surface area contributed by atoms with E-state index in [0.29, 0.717) is 0 Å². The highest BCUT2D eigenvalue weighted by Crippen LogP contribution is 2.38. The molecule has 13 heavy (non-hydrogen) atoms. The van der Waals surface area contributed by atoms with E-state index < -0.39 is 0 Å². The van der Waals surface area contributed by atoms with Crippen molar-refractivity contribution >= 4 is 0 Å². The van der Waals surface area contributed by atoms with E-state index in [0.717, 1.165) is 17.9 Å². The second kappa shape index (κ2) is 4.00. The fraction of sp³-hybridized carbons (Fsp3) is 1.00. The van der Waals surface area contributed by atoms with Crippen LogP contribution < -0.4 is 0 Å². The van der Waals surface area contributed by atoms with E-state index in [2.05, 4.69) is 18.7 Å². The standard InChI is InChI=1S/C12H23N/c1-10(2)13-7-5-12(6-8-13)9-11-3-4-11/h10-12H,3-9H2,1-2H3. The van der Waals surface area contributed by atoms with Crippen molar-refractivity contribution in [2.75, 3.05) is 13.1 Å². The Kier molecular flexibility index (Phi) is 2.92. The molecule has 1 heterocycles. The van der Waals surface area contributed by atoms with Crippen molar-refractivity contribution in [3.05, 3.63) is 0 Å². The summed E-state index contributed by atoms with van der Waals surface area (Å²) < 4.78 is 0. The molecule has 0 bridgehead atoms. The van der Waals surface area contributed by atoms with E-state index in [4.69, 9.17) is 0 Å². The summed E-state index contributed by atoms with van der Waals surface area (Å²) in [7, 11) is 0. The predicted octanol–water partition coefficient (Wildman–Crippen LogP) is 2.91. The highest BCUT2D eigenvalue weighted by molar-refractivity contribution is 4.81. The van der Waals surface area contributed by atoms with Crippen LogP contribution in [0.2, 0.25) is 0 Å². The summed E-state index contributed by atoms with van der Waals surface area (Å²) in [6, 6.07) is 0.766. The van der Waals surface area contributed by atoms with Gasteiger partial charge >= 0.3 is 0 Å². The molecular weight excluding hydrogens is 158 g/mol. The van der Waals surface area contributed by atoms with Gasteiger partial charge in [-0.05, 0) is 58.0 Å². The van der Waals surface area contributed by atoms with Crippen molar-refractivity contribution in [1.82, 2.24) is 4.90 Å². The summed E-state index contributed by atoms with van der Waals surface area (Å²) in [6.07, 6.45) is 7.55. The van der Waals surface area contributed by atoms with Gasteiger partial charge in [0, 0.05) is 6.04 Å². The lowest BCUT2D eigenvalue weighted by atomic mass is 9.91. The Morgan fingerprint density at radius 2 is 1.54 bits per heavy atom. The largest absolute Gasteiger partial charge is 0.301 e. The Labute approximate surface area is 82.5 Å². The van der Waals surface area contributed by atoms with Gasteiger partial charge in [0.2, 0.25) is 0 Å². The first-order valence-corrected chi connectivity index (χ1v) is 5.99. The molecule has 0 aromatic heterocycles. The minimum atomic E-state index is 0.766. The van der Waals surface area contributed by atoms with Crippen molar-refractivity contribution in [1.29, 1.82) is 0 Å². The normalized spacial score (nSPS) is 27.0. The van der Waals surface area contributed by atoms with Crippen molar-refractivity contribution in [3.63, 3.8) is 0 Å². The van der Waals surface area contributed by atoms with Crippen molar-refractivity contribution in [3.8, 4) is 0 Å². The van der Waals surface area contributed by atoms with Crippen LogP contribution >= 0.6 is 0 Å². The average molecular weight is 181 g/mol. The molecule has 0 spiro atoms. The zero-order valence-corrected chi connectivity index (χ0v) is 9.13. The zero-order chi connectivity index (χ0) is 9.26. The van der Waals surface area contributed by atoms with Crippen LogP contribution in [0.4, 0.5) is 0 Å². The van der Waals surface area contributed by atoms with Gasteiger partial charge in [0.05, 0.1) is 0 Å². The third-order valence-electron chi connectivity index (χ3n) is 3.74. The number of hydrogen-bond acceptors (Lipinski definition) is 1. The van der Waals surface area contributed by atoms with Gasteiger partial charge in [-0.3, -0.25) is 0 Å². The van der Waals surface area contributed by atoms with Crippen molar-refractivity contribution in [2.45, 2.75) is 52.0 Å². The molecule has 1 nitrogen and oxygen atoms in total. The molecule has 0 unspecified atom stereocenters. The van der Waals surface area contributed by atoms with E-state index in [1.807, 2.05) is 0 Å². The molecule has 1 heteroatoms. The second-order valence-electron chi connectivity index (χ2n) is 5.25. The number of rotatable bonds is 3. The molecule has 2 rings (SSSR count). The van der Waals surface area contributed by atoms with Gasteiger partial charge in [0.15, 0.2) is 0 Å². The Morgan fingerprint density at radius 1 is 1.00 bits per heavy atom. The topological polar surface area (TPSA) is 3.24 Å². The maximum Gasteiger partial charge on any atom is 0.00385 e. The minimum absolute atomic E-state index is 0.766. The summed E-state index contributed by atoms with van der Waals surface area (Å²) in [6.45, 7) is 7.35. The van der Waals surface area contributed by atoms with E-state index in [1.165, 1.54) is 38.8 Å². The van der Waals surface area contributed by atoms with Crippen molar-refractivity contribution < 1.29 is 0 Å². The molecule has 0 radical (unpaired) electrons. The van der Waals surface area contributed by atoms with Gasteiger partial charge in [0.1, 0.15) is 0 Å². The summed E-state index contributed by atoms with van der Waals surface area (Å²) in [5.74, 6) is 2.21. The quantitative estimate of drug-likeness (QED) is 0.647. The van der Waals surface area contributed by atoms with E-state index in [9.17, 15) is 0 Å². The van der Waals surface area contributed by atoms with E-state index in [-0.39, 0.29) is 0 Å². The molecule has 76 valence electrons. The number of piperidine rings is 1. The molecule has 0 atom stereocenters. The molecule has 2 fully saturated rings. The second-order valence-corrected chi connectivity index (χ2v) is 5.25.